The molecule has 1 saturated heterocycles. The largest absolute Gasteiger partial charge is 0.366 e. The lowest BCUT2D eigenvalue weighted by Crippen LogP contribution is -2.46. The fourth-order valence-electron chi connectivity index (χ4n) is 2.23. The van der Waals surface area contributed by atoms with Gasteiger partial charge in [-0.25, -0.2) is 0 Å². The van der Waals surface area contributed by atoms with Gasteiger partial charge < -0.3 is 18.9 Å². The minimum Gasteiger partial charge on any atom is -0.366 e. The zero-order valence-corrected chi connectivity index (χ0v) is 14.2. The van der Waals surface area contributed by atoms with E-state index in [-0.39, 0.29) is 26.4 Å². The Morgan fingerprint density at radius 2 is 1.50 bits per heavy atom. The number of nitriles is 2. The van der Waals surface area contributed by atoms with Gasteiger partial charge in [0.05, 0.1) is 44.0 Å². The Kier molecular flexibility index (Phi) is 9.67. The average Bonchev–Trinajstić information content (AvgIpc) is 2.65. The first-order valence-electron chi connectivity index (χ1n) is 7.97. The third-order valence-electron chi connectivity index (χ3n) is 3.30. The molecule has 1 fully saturated rings. The summed E-state index contributed by atoms with van der Waals surface area (Å²) in [6, 6.07) is 13.5. The maximum absolute atomic E-state index is 8.57. The second kappa shape index (κ2) is 11.6. The number of nitrogens with zero attached hydrogens (tertiary/aromatic N) is 2. The van der Waals surface area contributed by atoms with Crippen molar-refractivity contribution in [3.63, 3.8) is 0 Å². The van der Waals surface area contributed by atoms with Gasteiger partial charge >= 0.3 is 0 Å². The van der Waals surface area contributed by atoms with Gasteiger partial charge in [0.25, 0.3) is 0 Å². The van der Waals surface area contributed by atoms with Crippen molar-refractivity contribution in [3.8, 4) is 12.1 Å². The number of hydrogen-bond donors (Lipinski definition) is 0. The quantitative estimate of drug-likeness (QED) is 0.714. The van der Waals surface area contributed by atoms with Crippen molar-refractivity contribution in [1.29, 1.82) is 10.5 Å². The molecule has 1 heterocycles. The minimum atomic E-state index is -0.501. The molecule has 0 spiro atoms. The predicted molar refractivity (Wildman–Crippen MR) is 87.7 cm³/mol. The highest BCUT2D eigenvalue weighted by Crippen LogP contribution is 2.32. The smallest absolute Gasteiger partial charge is 0.183 e. The van der Waals surface area contributed by atoms with E-state index in [1.54, 1.807) is 0 Å². The zero-order chi connectivity index (χ0) is 17.7. The lowest BCUT2D eigenvalue weighted by molar-refractivity contribution is -0.253. The van der Waals surface area contributed by atoms with Gasteiger partial charge in [-0.1, -0.05) is 44.2 Å². The summed E-state index contributed by atoms with van der Waals surface area (Å²) in [5.41, 5.74) is 0.450. The van der Waals surface area contributed by atoms with Crippen LogP contribution in [0.4, 0.5) is 0 Å². The van der Waals surface area contributed by atoms with Gasteiger partial charge in [-0.15, -0.1) is 0 Å². The SMILES string of the molecule is CC.N#CCOCC1(COCC#N)COC(c2ccccc2)OC1. The standard InChI is InChI=1S/C16H18N2O4.C2H6/c17-6-8-19-10-16(11-20-9-7-18)12-21-15(22-13-16)14-4-2-1-3-5-14;1-2/h1-5,15H,8-13H2;1-2H3. The average molecular weight is 332 g/mol. The molecular weight excluding hydrogens is 308 g/mol. The third-order valence-corrected chi connectivity index (χ3v) is 3.30. The molecule has 0 unspecified atom stereocenters. The molecule has 0 N–H and O–H groups in total. The van der Waals surface area contributed by atoms with Crippen LogP contribution in [0.15, 0.2) is 30.3 Å². The lowest BCUT2D eigenvalue weighted by atomic mass is 9.91. The van der Waals surface area contributed by atoms with E-state index in [1.165, 1.54) is 0 Å². The van der Waals surface area contributed by atoms with E-state index in [4.69, 9.17) is 29.5 Å². The van der Waals surface area contributed by atoms with Crippen LogP contribution in [0.3, 0.4) is 0 Å². The van der Waals surface area contributed by atoms with Gasteiger partial charge in [-0.2, -0.15) is 10.5 Å². The molecule has 0 bridgehead atoms. The summed E-state index contributed by atoms with van der Waals surface area (Å²) in [7, 11) is 0. The fourth-order valence-corrected chi connectivity index (χ4v) is 2.23. The summed E-state index contributed by atoms with van der Waals surface area (Å²) in [5, 5.41) is 17.1. The highest BCUT2D eigenvalue weighted by atomic mass is 16.7. The number of rotatable bonds is 7. The van der Waals surface area contributed by atoms with Crippen LogP contribution in [-0.4, -0.2) is 39.6 Å². The molecule has 0 amide bonds. The maximum Gasteiger partial charge on any atom is 0.183 e. The van der Waals surface area contributed by atoms with Gasteiger partial charge in [-0.3, -0.25) is 0 Å². The molecule has 0 atom stereocenters. The number of benzene rings is 1. The summed E-state index contributed by atoms with van der Waals surface area (Å²) in [5.74, 6) is 0. The molecule has 1 aromatic carbocycles. The van der Waals surface area contributed by atoms with Crippen LogP contribution >= 0.6 is 0 Å². The molecule has 6 heteroatoms. The molecule has 6 nitrogen and oxygen atoms in total. The normalized spacial score (nSPS) is 16.3. The van der Waals surface area contributed by atoms with E-state index in [9.17, 15) is 0 Å². The van der Waals surface area contributed by atoms with Gasteiger partial charge in [-0.05, 0) is 0 Å². The van der Waals surface area contributed by atoms with Crippen molar-refractivity contribution in [1.82, 2.24) is 0 Å². The Hall–Kier alpha value is -1.96. The second-order valence-corrected chi connectivity index (χ2v) is 5.17. The summed E-state index contributed by atoms with van der Waals surface area (Å²) < 4.78 is 22.2. The Balaban J connectivity index is 0.00000139. The molecule has 2 rings (SSSR count). The molecular formula is C18H24N2O4. The van der Waals surface area contributed by atoms with Gasteiger partial charge in [0, 0.05) is 5.56 Å². The van der Waals surface area contributed by atoms with E-state index < -0.39 is 11.7 Å². The summed E-state index contributed by atoms with van der Waals surface area (Å²) in [6.45, 7) is 5.33. The Bertz CT molecular complexity index is 506. The maximum atomic E-state index is 8.57. The van der Waals surface area contributed by atoms with Gasteiger partial charge in [0.2, 0.25) is 0 Å². The first-order chi connectivity index (χ1) is 11.8. The van der Waals surface area contributed by atoms with Gasteiger partial charge in [0.1, 0.15) is 13.2 Å². The highest BCUT2D eigenvalue weighted by Gasteiger charge is 2.38. The topological polar surface area (TPSA) is 84.5 Å². The predicted octanol–water partition coefficient (Wildman–Crippen LogP) is 2.82. The Morgan fingerprint density at radius 3 is 1.96 bits per heavy atom. The molecule has 1 aliphatic rings. The molecule has 0 saturated carbocycles. The van der Waals surface area contributed by atoms with Crippen molar-refractivity contribution >= 4 is 0 Å². The Labute approximate surface area is 143 Å². The van der Waals surface area contributed by atoms with Crippen LogP contribution < -0.4 is 0 Å². The number of hydrogen-bond acceptors (Lipinski definition) is 6. The molecule has 0 aromatic heterocycles. The van der Waals surface area contributed by atoms with Crippen molar-refractivity contribution in [2.24, 2.45) is 5.41 Å². The summed E-state index contributed by atoms with van der Waals surface area (Å²) in [4.78, 5) is 0. The third kappa shape index (κ3) is 6.27. The fraction of sp³-hybridized carbons (Fsp3) is 0.556. The second-order valence-electron chi connectivity index (χ2n) is 5.17. The van der Waals surface area contributed by atoms with Gasteiger partial charge in [0.15, 0.2) is 6.29 Å². The van der Waals surface area contributed by atoms with E-state index in [0.717, 1.165) is 5.56 Å². The summed E-state index contributed by atoms with van der Waals surface area (Å²) in [6.07, 6.45) is -0.416. The van der Waals surface area contributed by atoms with E-state index in [2.05, 4.69) is 0 Å². The monoisotopic (exact) mass is 332 g/mol. The van der Waals surface area contributed by atoms with E-state index >= 15 is 0 Å². The van der Waals surface area contributed by atoms with Crippen molar-refractivity contribution in [2.75, 3.05) is 39.6 Å². The minimum absolute atomic E-state index is 0.00210. The van der Waals surface area contributed by atoms with Crippen LogP contribution in [0.25, 0.3) is 0 Å². The summed E-state index contributed by atoms with van der Waals surface area (Å²) >= 11 is 0. The van der Waals surface area contributed by atoms with Crippen molar-refractivity contribution < 1.29 is 18.9 Å². The Morgan fingerprint density at radius 1 is 1.00 bits per heavy atom. The molecule has 1 aliphatic heterocycles. The van der Waals surface area contributed by atoms with Crippen LogP contribution in [0.2, 0.25) is 0 Å². The van der Waals surface area contributed by atoms with Crippen molar-refractivity contribution in [3.05, 3.63) is 35.9 Å². The van der Waals surface area contributed by atoms with E-state index in [0.29, 0.717) is 13.2 Å². The molecule has 1 aromatic rings. The zero-order valence-electron chi connectivity index (χ0n) is 14.2. The first-order valence-corrected chi connectivity index (χ1v) is 7.97. The van der Waals surface area contributed by atoms with Crippen molar-refractivity contribution in [2.45, 2.75) is 20.1 Å². The number of ether oxygens (including phenoxy) is 4. The van der Waals surface area contributed by atoms with Crippen LogP contribution in [-0.2, 0) is 18.9 Å². The lowest BCUT2D eigenvalue weighted by Gasteiger charge is -2.39. The molecule has 0 radical (unpaired) electrons. The van der Waals surface area contributed by atoms with Crippen LogP contribution in [0.1, 0.15) is 25.7 Å². The van der Waals surface area contributed by atoms with Crippen LogP contribution in [0, 0.1) is 28.1 Å². The van der Waals surface area contributed by atoms with Crippen LogP contribution in [0.5, 0.6) is 0 Å². The first kappa shape index (κ1) is 20.1. The van der Waals surface area contributed by atoms with E-state index in [1.807, 2.05) is 56.3 Å². The highest BCUT2D eigenvalue weighted by molar-refractivity contribution is 5.16. The molecule has 130 valence electrons. The molecule has 0 aliphatic carbocycles. The molecule has 24 heavy (non-hydrogen) atoms.